The van der Waals surface area contributed by atoms with E-state index in [0.717, 1.165) is 12.1 Å². The molecule has 1 aromatic heterocycles. The number of nitrogens with one attached hydrogen (secondary N) is 1. The number of hydrogen-bond acceptors (Lipinski definition) is 1. The molecule has 0 radical (unpaired) electrons. The highest BCUT2D eigenvalue weighted by molar-refractivity contribution is 6.08. The lowest BCUT2D eigenvalue weighted by Gasteiger charge is -2.02. The summed E-state index contributed by atoms with van der Waals surface area (Å²) >= 11 is 0. The van der Waals surface area contributed by atoms with Crippen LogP contribution in [0.5, 0.6) is 0 Å². The van der Waals surface area contributed by atoms with Crippen LogP contribution in [-0.4, -0.2) is 10.8 Å². The Kier molecular flexibility index (Phi) is 3.25. The summed E-state index contributed by atoms with van der Waals surface area (Å²) in [5.74, 6) is -2.17. The Morgan fingerprint density at radius 3 is 2.48 bits per heavy atom. The van der Waals surface area contributed by atoms with Crippen LogP contribution in [0.4, 0.5) is 13.2 Å². The summed E-state index contributed by atoms with van der Waals surface area (Å²) in [4.78, 5) is 15.0. The molecule has 0 aliphatic heterocycles. The van der Waals surface area contributed by atoms with Gasteiger partial charge in [0.2, 0.25) is 0 Å². The number of rotatable bonds is 3. The second-order valence-electron chi connectivity index (χ2n) is 4.73. The molecule has 2 nitrogen and oxygen atoms in total. The maximum Gasteiger partial charge on any atom is 0.169 e. The Morgan fingerprint density at radius 1 is 1.00 bits per heavy atom. The van der Waals surface area contributed by atoms with Crippen molar-refractivity contribution >= 4 is 16.7 Å². The number of carbonyl (C=O) groups is 1. The van der Waals surface area contributed by atoms with Crippen molar-refractivity contribution in [2.24, 2.45) is 0 Å². The highest BCUT2D eigenvalue weighted by Gasteiger charge is 2.15. The van der Waals surface area contributed by atoms with Gasteiger partial charge in [-0.1, -0.05) is 6.07 Å². The lowest BCUT2D eigenvalue weighted by atomic mass is 10.0. The Morgan fingerprint density at radius 2 is 1.71 bits per heavy atom. The van der Waals surface area contributed by atoms with Crippen molar-refractivity contribution < 1.29 is 18.0 Å². The van der Waals surface area contributed by atoms with Crippen molar-refractivity contribution in [1.82, 2.24) is 4.98 Å². The number of carbonyl (C=O) groups excluding carboxylic acids is 1. The van der Waals surface area contributed by atoms with E-state index in [1.807, 2.05) is 0 Å². The molecule has 21 heavy (non-hydrogen) atoms. The van der Waals surface area contributed by atoms with Crippen LogP contribution >= 0.6 is 0 Å². The van der Waals surface area contributed by atoms with E-state index >= 15 is 0 Å². The highest BCUT2D eigenvalue weighted by atomic mass is 19.1. The van der Waals surface area contributed by atoms with Crippen LogP contribution < -0.4 is 0 Å². The largest absolute Gasteiger partial charge is 0.360 e. The Balaban J connectivity index is 1.94. The zero-order valence-electron chi connectivity index (χ0n) is 10.8. The predicted octanol–water partition coefficient (Wildman–Crippen LogP) is 4.01. The first-order valence-corrected chi connectivity index (χ1v) is 6.28. The Labute approximate surface area is 118 Å². The molecule has 0 saturated heterocycles. The van der Waals surface area contributed by atoms with E-state index in [0.29, 0.717) is 16.5 Å². The minimum Gasteiger partial charge on any atom is -0.360 e. The molecule has 0 aliphatic rings. The van der Waals surface area contributed by atoms with Crippen LogP contribution in [0, 0.1) is 17.5 Å². The topological polar surface area (TPSA) is 32.9 Å². The zero-order valence-corrected chi connectivity index (χ0v) is 10.8. The van der Waals surface area contributed by atoms with Crippen molar-refractivity contribution in [3.63, 3.8) is 0 Å². The predicted molar refractivity (Wildman–Crippen MR) is 72.6 cm³/mol. The molecular formula is C16H10F3NO. The molecule has 1 N–H and O–H groups in total. The molecule has 0 unspecified atom stereocenters. The Bertz CT molecular complexity index is 839. The van der Waals surface area contributed by atoms with Gasteiger partial charge in [0.1, 0.15) is 17.5 Å². The van der Waals surface area contributed by atoms with E-state index < -0.39 is 17.5 Å². The number of aromatic amines is 1. The molecule has 0 bridgehead atoms. The number of benzene rings is 2. The third kappa shape index (κ3) is 2.54. The molecule has 3 aromatic rings. The first kappa shape index (κ1) is 13.4. The van der Waals surface area contributed by atoms with Gasteiger partial charge < -0.3 is 4.98 Å². The summed E-state index contributed by atoms with van der Waals surface area (Å²) in [6.45, 7) is 0. The summed E-state index contributed by atoms with van der Waals surface area (Å²) < 4.78 is 39.5. The number of H-pyrrole nitrogens is 1. The van der Waals surface area contributed by atoms with Gasteiger partial charge in [-0.05, 0) is 29.8 Å². The van der Waals surface area contributed by atoms with Crippen LogP contribution in [0.15, 0.2) is 42.6 Å². The molecule has 0 fully saturated rings. The molecule has 0 saturated carbocycles. The summed E-state index contributed by atoms with van der Waals surface area (Å²) in [6, 6.07) is 7.13. The normalized spacial score (nSPS) is 11.0. The lowest BCUT2D eigenvalue weighted by molar-refractivity contribution is 0.0993. The van der Waals surface area contributed by atoms with E-state index in [1.54, 1.807) is 0 Å². The molecule has 2 aromatic carbocycles. The quantitative estimate of drug-likeness (QED) is 0.726. The standard InChI is InChI=1S/C16H10F3NO/c17-10-2-1-9(14(19)6-10)5-16(21)13-8-20-15-7-11(18)3-4-12(13)15/h1-4,6-8,20H,5H2. The van der Waals surface area contributed by atoms with E-state index in [4.69, 9.17) is 0 Å². The van der Waals surface area contributed by atoms with E-state index in [9.17, 15) is 18.0 Å². The van der Waals surface area contributed by atoms with Gasteiger partial charge in [0.05, 0.1) is 0 Å². The van der Waals surface area contributed by atoms with Gasteiger partial charge in [0.15, 0.2) is 5.78 Å². The third-order valence-corrected chi connectivity index (χ3v) is 3.31. The monoisotopic (exact) mass is 289 g/mol. The molecule has 106 valence electrons. The molecule has 0 atom stereocenters. The molecule has 0 aliphatic carbocycles. The summed E-state index contributed by atoms with van der Waals surface area (Å²) in [7, 11) is 0. The number of ketones is 1. The van der Waals surface area contributed by atoms with Crippen LogP contribution in [0.3, 0.4) is 0 Å². The molecular weight excluding hydrogens is 279 g/mol. The maximum atomic E-state index is 13.6. The van der Waals surface area contributed by atoms with Crippen LogP contribution in [0.2, 0.25) is 0 Å². The number of aromatic nitrogens is 1. The zero-order chi connectivity index (χ0) is 15.0. The molecule has 1 heterocycles. The van der Waals surface area contributed by atoms with E-state index in [-0.39, 0.29) is 17.8 Å². The van der Waals surface area contributed by atoms with E-state index in [2.05, 4.69) is 4.98 Å². The molecule has 0 spiro atoms. The van der Waals surface area contributed by atoms with Crippen molar-refractivity contribution in [3.05, 3.63) is 71.2 Å². The summed E-state index contributed by atoms with van der Waals surface area (Å²) in [5, 5.41) is 0.573. The van der Waals surface area contributed by atoms with Gasteiger partial charge in [-0.25, -0.2) is 13.2 Å². The average molecular weight is 289 g/mol. The van der Waals surface area contributed by atoms with Crippen molar-refractivity contribution in [1.29, 1.82) is 0 Å². The third-order valence-electron chi connectivity index (χ3n) is 3.31. The Hall–Kier alpha value is -2.56. The average Bonchev–Trinajstić information content (AvgIpc) is 2.84. The highest BCUT2D eigenvalue weighted by Crippen LogP contribution is 2.21. The van der Waals surface area contributed by atoms with Gasteiger partial charge >= 0.3 is 0 Å². The molecule has 3 rings (SSSR count). The van der Waals surface area contributed by atoms with Crippen LogP contribution in [-0.2, 0) is 6.42 Å². The second kappa shape index (κ2) is 5.09. The smallest absolute Gasteiger partial charge is 0.169 e. The molecule has 0 amide bonds. The van der Waals surface area contributed by atoms with Gasteiger partial charge in [-0.3, -0.25) is 4.79 Å². The van der Waals surface area contributed by atoms with Crippen LogP contribution in [0.1, 0.15) is 15.9 Å². The van der Waals surface area contributed by atoms with Gasteiger partial charge in [0.25, 0.3) is 0 Å². The number of halogens is 3. The SMILES string of the molecule is O=C(Cc1ccc(F)cc1F)c1c[nH]c2cc(F)ccc12. The number of fused-ring (bicyclic) bond motifs is 1. The minimum absolute atomic E-state index is 0.123. The van der Waals surface area contributed by atoms with Crippen LogP contribution in [0.25, 0.3) is 10.9 Å². The number of Topliss-reactive ketones (excluding diaryl/α,β-unsaturated/α-hetero) is 1. The maximum absolute atomic E-state index is 13.6. The number of hydrogen-bond donors (Lipinski definition) is 1. The first-order chi connectivity index (χ1) is 10.0. The molecule has 5 heteroatoms. The fourth-order valence-corrected chi connectivity index (χ4v) is 2.26. The van der Waals surface area contributed by atoms with Crippen molar-refractivity contribution in [2.45, 2.75) is 6.42 Å². The van der Waals surface area contributed by atoms with Crippen molar-refractivity contribution in [3.8, 4) is 0 Å². The van der Waals surface area contributed by atoms with E-state index in [1.165, 1.54) is 30.5 Å². The lowest BCUT2D eigenvalue weighted by Crippen LogP contribution is -2.05. The van der Waals surface area contributed by atoms with Gasteiger partial charge in [0, 0.05) is 35.2 Å². The van der Waals surface area contributed by atoms with Crippen molar-refractivity contribution in [2.75, 3.05) is 0 Å². The van der Waals surface area contributed by atoms with Gasteiger partial charge in [-0.2, -0.15) is 0 Å². The summed E-state index contributed by atoms with van der Waals surface area (Å²) in [5.41, 5.74) is 0.976. The fourth-order valence-electron chi connectivity index (χ4n) is 2.26. The first-order valence-electron chi connectivity index (χ1n) is 6.28. The summed E-state index contributed by atoms with van der Waals surface area (Å²) in [6.07, 6.45) is 1.28. The fraction of sp³-hybridized carbons (Fsp3) is 0.0625. The van der Waals surface area contributed by atoms with Gasteiger partial charge in [-0.15, -0.1) is 0 Å². The second-order valence-corrected chi connectivity index (χ2v) is 4.73. The minimum atomic E-state index is -0.755.